The predicted octanol–water partition coefficient (Wildman–Crippen LogP) is 15.4. The van der Waals surface area contributed by atoms with Gasteiger partial charge in [-0.3, -0.25) is 0 Å². The Morgan fingerprint density at radius 3 is 2.05 bits per heavy atom. The number of rotatable bonds is 7. The van der Waals surface area contributed by atoms with Crippen LogP contribution in [0.25, 0.3) is 49.9 Å². The summed E-state index contributed by atoms with van der Waals surface area (Å²) >= 11 is 0. The zero-order chi connectivity index (χ0) is 44.7. The first-order valence-electron chi connectivity index (χ1n) is 22.8. The molecule has 326 valence electrons. The second-order valence-corrected chi connectivity index (χ2v) is 19.9. The van der Waals surface area contributed by atoms with E-state index in [2.05, 4.69) is 220 Å². The largest absolute Gasteiger partial charge is 2.00 e. The average Bonchev–Trinajstić information content (AvgIpc) is 3.86. The van der Waals surface area contributed by atoms with Gasteiger partial charge in [-0.05, 0) is 97.2 Å². The quantitative estimate of drug-likeness (QED) is 0.118. The number of hydrogen-bond acceptors (Lipinski definition) is 2. The van der Waals surface area contributed by atoms with E-state index in [-0.39, 0.29) is 37.3 Å². The molecule has 0 unspecified atom stereocenters. The van der Waals surface area contributed by atoms with Crippen molar-refractivity contribution in [2.24, 2.45) is 0 Å². The number of nitrogens with zero attached hydrogens (tertiary/aromatic N) is 4. The van der Waals surface area contributed by atoms with Crippen molar-refractivity contribution in [1.82, 2.24) is 18.7 Å². The summed E-state index contributed by atoms with van der Waals surface area (Å²) in [5, 5.41) is 2.23. The van der Waals surface area contributed by atoms with E-state index in [0.717, 1.165) is 73.5 Å². The smallest absolute Gasteiger partial charge is 0.509 e. The van der Waals surface area contributed by atoms with Gasteiger partial charge in [0.05, 0.1) is 11.1 Å². The van der Waals surface area contributed by atoms with Crippen molar-refractivity contribution >= 4 is 50.6 Å². The van der Waals surface area contributed by atoms with Gasteiger partial charge in [0.2, 0.25) is 5.69 Å². The summed E-state index contributed by atoms with van der Waals surface area (Å²) in [7, 11) is 0. The van der Waals surface area contributed by atoms with Gasteiger partial charge in [0.25, 0.3) is 11.4 Å². The van der Waals surface area contributed by atoms with Gasteiger partial charge in [-0.25, -0.2) is 4.98 Å². The molecule has 0 bridgehead atoms. The van der Waals surface area contributed by atoms with Gasteiger partial charge in [0, 0.05) is 35.3 Å². The maximum absolute atomic E-state index is 6.67. The van der Waals surface area contributed by atoms with Crippen LogP contribution in [-0.4, -0.2) is 15.6 Å². The van der Waals surface area contributed by atoms with Crippen molar-refractivity contribution in [1.29, 1.82) is 0 Å². The Kier molecular flexibility index (Phi) is 10.7. The number of ether oxygens (including phenoxy) is 1. The third kappa shape index (κ3) is 7.45. The fourth-order valence-electron chi connectivity index (χ4n) is 9.95. The molecule has 6 heteroatoms. The first-order valence-corrected chi connectivity index (χ1v) is 22.8. The topological polar surface area (TPSA) is 33.1 Å². The third-order valence-corrected chi connectivity index (χ3v) is 13.7. The Balaban J connectivity index is 0.00000511. The molecule has 1 aliphatic carbocycles. The van der Waals surface area contributed by atoms with Crippen LogP contribution in [0.3, 0.4) is 0 Å². The van der Waals surface area contributed by atoms with E-state index >= 15 is 0 Å². The normalized spacial score (nSPS) is 14.8. The molecule has 0 spiro atoms. The van der Waals surface area contributed by atoms with Crippen LogP contribution in [0.1, 0.15) is 78.0 Å². The molecule has 9 aromatic rings. The van der Waals surface area contributed by atoms with Gasteiger partial charge in [-0.15, -0.1) is 23.6 Å². The Labute approximate surface area is 402 Å². The summed E-state index contributed by atoms with van der Waals surface area (Å²) in [6.07, 6.45) is 4.24. The molecule has 11 rings (SSSR count). The zero-order valence-corrected chi connectivity index (χ0v) is 40.8. The second kappa shape index (κ2) is 16.4. The summed E-state index contributed by atoms with van der Waals surface area (Å²) in [5.41, 5.74) is 14.8. The zero-order valence-electron chi connectivity index (χ0n) is 38.5. The van der Waals surface area contributed by atoms with Crippen molar-refractivity contribution in [3.05, 3.63) is 193 Å². The van der Waals surface area contributed by atoms with Gasteiger partial charge in [0.15, 0.2) is 0 Å². The Morgan fingerprint density at radius 1 is 0.606 bits per heavy atom. The summed E-state index contributed by atoms with van der Waals surface area (Å²) in [5.74, 6) is 2.03. The van der Waals surface area contributed by atoms with E-state index in [4.69, 9.17) is 9.72 Å². The fraction of sp³-hybridized carbons (Fsp3) is 0.200. The minimum atomic E-state index is -0.0267. The molecule has 0 radical (unpaired) electrons. The molecule has 2 aromatic heterocycles. The van der Waals surface area contributed by atoms with Gasteiger partial charge in [0.1, 0.15) is 11.5 Å². The molecule has 5 nitrogen and oxygen atoms in total. The van der Waals surface area contributed by atoms with E-state index in [0.29, 0.717) is 11.5 Å². The monoisotopic (exact) mass is 1040 g/mol. The molecule has 0 fully saturated rings. The minimum Gasteiger partial charge on any atom is -0.509 e. The summed E-state index contributed by atoms with van der Waals surface area (Å²) in [4.78, 5) is 4.86. The minimum absolute atomic E-state index is 0. The van der Waals surface area contributed by atoms with Crippen molar-refractivity contribution in [3.63, 3.8) is 0 Å². The molecule has 66 heavy (non-hydrogen) atoms. The number of pyridine rings is 1. The fourth-order valence-corrected chi connectivity index (χ4v) is 9.95. The SMILES string of the molecule is CC(C)(C)c1ccnc(-n2c3[c-]c(Oc4[c-]c([N+]5=C=[N+](c6c(-c7ccccc7)cccc6-c6ccc7c(c6)C(C)(C)CCC7(C)C)c6ccccc65)ccc4)ccc3c3ccccc32)c1.[Pt+2]. The van der Waals surface area contributed by atoms with Crippen LogP contribution in [0, 0.1) is 12.1 Å². The number of fused-ring (bicyclic) bond motifs is 5. The molecule has 7 aromatic carbocycles. The average molecular weight is 1040 g/mol. The van der Waals surface area contributed by atoms with Gasteiger partial charge >= 0.3 is 27.1 Å². The molecule has 2 aliphatic rings. The molecule has 0 saturated heterocycles. The van der Waals surface area contributed by atoms with E-state index in [9.17, 15) is 0 Å². The maximum Gasteiger partial charge on any atom is 2.00 e. The van der Waals surface area contributed by atoms with Crippen LogP contribution in [-0.2, 0) is 37.3 Å². The second-order valence-electron chi connectivity index (χ2n) is 19.9. The number of aromatic nitrogens is 2. The maximum atomic E-state index is 6.67. The van der Waals surface area contributed by atoms with Crippen LogP contribution >= 0.6 is 0 Å². The molecular formula is C60H52N4OPt+2. The molecule has 0 atom stereocenters. The Morgan fingerprint density at radius 2 is 1.27 bits per heavy atom. The van der Waals surface area contributed by atoms with Crippen LogP contribution in [0.2, 0.25) is 0 Å². The van der Waals surface area contributed by atoms with Crippen LogP contribution in [0.5, 0.6) is 11.5 Å². The van der Waals surface area contributed by atoms with E-state index in [1.807, 2.05) is 24.4 Å². The third-order valence-electron chi connectivity index (χ3n) is 13.7. The predicted molar refractivity (Wildman–Crippen MR) is 268 cm³/mol. The first-order chi connectivity index (χ1) is 31.3. The first kappa shape index (κ1) is 43.3. The molecule has 1 aliphatic heterocycles. The number of hydrogen-bond donors (Lipinski definition) is 0. The van der Waals surface area contributed by atoms with E-state index < -0.39 is 0 Å². The van der Waals surface area contributed by atoms with Crippen molar-refractivity contribution in [2.45, 2.75) is 77.6 Å². The van der Waals surface area contributed by atoms with Crippen LogP contribution in [0.4, 0.5) is 22.7 Å². The summed E-state index contributed by atoms with van der Waals surface area (Å²) in [6.45, 7) is 16.3. The molecule has 0 N–H and O–H groups in total. The number of benzene rings is 7. The van der Waals surface area contributed by atoms with Crippen molar-refractivity contribution in [3.8, 4) is 39.6 Å². The number of para-hydroxylation sites is 4. The van der Waals surface area contributed by atoms with Gasteiger partial charge in [-0.2, -0.15) is 12.1 Å². The molecule has 0 saturated carbocycles. The standard InChI is InChI=1S/C60H52N4O.Pt/c1-58(2,3)42-31-34-61-56(36-42)64-52-24-12-11-21-48(52)49-29-28-45(38-55(49)64)65-44-20-15-19-43(37-44)62-39-63(54-26-14-13-25-53(54)62)57-46(40-17-9-8-10-18-40)22-16-23-47(57)41-27-30-50-51(35-41)60(6,7)33-32-59(50,4)5;/h8-31,34-36H,32-33H2,1-7H3;/q;+2. The Bertz CT molecular complexity index is 3440. The Hall–Kier alpha value is -6.64. The molecule has 3 heterocycles. The van der Waals surface area contributed by atoms with Crippen LogP contribution < -0.4 is 13.9 Å². The van der Waals surface area contributed by atoms with Gasteiger partial charge in [-0.1, -0.05) is 156 Å². The van der Waals surface area contributed by atoms with Crippen molar-refractivity contribution < 1.29 is 25.8 Å². The van der Waals surface area contributed by atoms with E-state index in [1.165, 1.54) is 28.7 Å². The molecular weight excluding hydrogens is 988 g/mol. The summed E-state index contributed by atoms with van der Waals surface area (Å²) < 4.78 is 13.2. The van der Waals surface area contributed by atoms with E-state index in [1.54, 1.807) is 0 Å². The van der Waals surface area contributed by atoms with Gasteiger partial charge < -0.3 is 9.30 Å². The summed E-state index contributed by atoms with van der Waals surface area (Å²) in [6, 6.07) is 67.1. The van der Waals surface area contributed by atoms with Crippen molar-refractivity contribution in [2.75, 3.05) is 0 Å². The molecule has 0 amide bonds. The van der Waals surface area contributed by atoms with Crippen LogP contribution in [0.15, 0.2) is 164 Å².